The third-order valence-electron chi connectivity index (χ3n) is 7.02. The molecule has 0 aliphatic heterocycles. The van der Waals surface area contributed by atoms with Crippen molar-refractivity contribution in [1.82, 2.24) is 0 Å². The SMILES string of the molecule is C=CCCC1CCC(c2ccc(-c3ccc(-c4ccc(COCC=C)cc4)cc3)cc2)CC1. The van der Waals surface area contributed by atoms with Gasteiger partial charge in [-0.15, -0.1) is 13.2 Å². The summed E-state index contributed by atoms with van der Waals surface area (Å²) in [5, 5.41) is 0. The van der Waals surface area contributed by atoms with Crippen LogP contribution in [0, 0.1) is 5.92 Å². The molecule has 1 saturated carbocycles. The van der Waals surface area contributed by atoms with Crippen molar-refractivity contribution in [2.24, 2.45) is 5.92 Å². The highest BCUT2D eigenvalue weighted by Gasteiger charge is 2.21. The summed E-state index contributed by atoms with van der Waals surface area (Å²) in [5.74, 6) is 1.63. The van der Waals surface area contributed by atoms with Crippen molar-refractivity contribution in [2.75, 3.05) is 6.61 Å². The van der Waals surface area contributed by atoms with Gasteiger partial charge < -0.3 is 4.74 Å². The van der Waals surface area contributed by atoms with Gasteiger partial charge in [0.05, 0.1) is 13.2 Å². The molecule has 0 heterocycles. The minimum atomic E-state index is 0.585. The van der Waals surface area contributed by atoms with Gasteiger partial charge in [-0.3, -0.25) is 0 Å². The smallest absolute Gasteiger partial charge is 0.0721 e. The third kappa shape index (κ3) is 6.33. The average Bonchev–Trinajstić information content (AvgIpc) is 2.89. The van der Waals surface area contributed by atoms with E-state index in [1.165, 1.54) is 71.9 Å². The van der Waals surface area contributed by atoms with Crippen LogP contribution in [0.2, 0.25) is 0 Å². The largest absolute Gasteiger partial charge is 0.373 e. The zero-order chi connectivity index (χ0) is 22.9. The second kappa shape index (κ2) is 11.8. The molecule has 0 radical (unpaired) electrons. The van der Waals surface area contributed by atoms with Crippen LogP contribution in [-0.4, -0.2) is 6.61 Å². The van der Waals surface area contributed by atoms with Crippen molar-refractivity contribution in [3.05, 3.63) is 109 Å². The van der Waals surface area contributed by atoms with E-state index < -0.39 is 0 Å². The lowest BCUT2D eigenvalue weighted by atomic mass is 9.77. The Kier molecular flexibility index (Phi) is 8.33. The van der Waals surface area contributed by atoms with Crippen LogP contribution in [0.15, 0.2) is 98.1 Å². The molecular weight excluding hydrogens is 400 g/mol. The molecule has 4 rings (SSSR count). The molecule has 0 unspecified atom stereocenters. The number of benzene rings is 3. The van der Waals surface area contributed by atoms with Gasteiger partial charge in [-0.25, -0.2) is 0 Å². The number of allylic oxidation sites excluding steroid dienone is 1. The van der Waals surface area contributed by atoms with Crippen molar-refractivity contribution in [1.29, 1.82) is 0 Å². The Morgan fingerprint density at radius 2 is 1.18 bits per heavy atom. The number of hydrogen-bond donors (Lipinski definition) is 0. The van der Waals surface area contributed by atoms with E-state index in [2.05, 4.69) is 92.0 Å². The molecule has 3 aromatic carbocycles. The Labute approximate surface area is 199 Å². The first-order chi connectivity index (χ1) is 16.3. The Balaban J connectivity index is 1.35. The average molecular weight is 437 g/mol. The second-order valence-electron chi connectivity index (χ2n) is 9.28. The lowest BCUT2D eigenvalue weighted by molar-refractivity contribution is 0.149. The molecule has 1 fully saturated rings. The quantitative estimate of drug-likeness (QED) is 0.228. The van der Waals surface area contributed by atoms with Crippen LogP contribution in [-0.2, 0) is 11.3 Å². The Morgan fingerprint density at radius 1 is 0.667 bits per heavy atom. The maximum absolute atomic E-state index is 5.52. The molecule has 0 aromatic heterocycles. The summed E-state index contributed by atoms with van der Waals surface area (Å²) in [6.07, 6.45) is 11.7. The van der Waals surface area contributed by atoms with Gasteiger partial charge in [0.15, 0.2) is 0 Å². The molecule has 0 saturated heterocycles. The first-order valence-corrected chi connectivity index (χ1v) is 12.4. The van der Waals surface area contributed by atoms with Gasteiger partial charge in [0, 0.05) is 0 Å². The van der Waals surface area contributed by atoms with Crippen molar-refractivity contribution < 1.29 is 4.74 Å². The molecule has 3 aromatic rings. The summed E-state index contributed by atoms with van der Waals surface area (Å²) >= 11 is 0. The standard InChI is InChI=1S/C32H36O/c1-3-5-6-25-7-11-27(12-8-25)29-15-19-31(20-16-29)32-21-17-30(18-22-32)28-13-9-26(10-14-28)24-33-23-4-2/h3-4,9-10,13-22,25,27H,1-2,5-8,11-12,23-24H2. The Hall–Kier alpha value is -2.90. The minimum Gasteiger partial charge on any atom is -0.373 e. The molecule has 1 aliphatic carbocycles. The van der Waals surface area contributed by atoms with Gasteiger partial charge in [-0.2, -0.15) is 0 Å². The van der Waals surface area contributed by atoms with Crippen molar-refractivity contribution in [3.63, 3.8) is 0 Å². The van der Waals surface area contributed by atoms with Crippen molar-refractivity contribution in [3.8, 4) is 22.3 Å². The lowest BCUT2D eigenvalue weighted by Crippen LogP contribution is -2.13. The topological polar surface area (TPSA) is 9.23 Å². The molecule has 0 atom stereocenters. The zero-order valence-corrected chi connectivity index (χ0v) is 19.7. The summed E-state index contributed by atoms with van der Waals surface area (Å²) in [7, 11) is 0. The van der Waals surface area contributed by atoms with Crippen LogP contribution in [0.5, 0.6) is 0 Å². The summed E-state index contributed by atoms with van der Waals surface area (Å²) in [4.78, 5) is 0. The van der Waals surface area contributed by atoms with Gasteiger partial charge >= 0.3 is 0 Å². The van der Waals surface area contributed by atoms with E-state index in [-0.39, 0.29) is 0 Å². The summed E-state index contributed by atoms with van der Waals surface area (Å²) in [6.45, 7) is 8.76. The summed E-state index contributed by atoms with van der Waals surface area (Å²) in [5.41, 5.74) is 7.72. The van der Waals surface area contributed by atoms with E-state index in [1.807, 2.05) is 0 Å². The molecule has 1 nitrogen and oxygen atoms in total. The number of hydrogen-bond acceptors (Lipinski definition) is 1. The van der Waals surface area contributed by atoms with Gasteiger partial charge in [-0.05, 0) is 83.7 Å². The molecule has 170 valence electrons. The predicted molar refractivity (Wildman–Crippen MR) is 141 cm³/mol. The molecule has 0 bridgehead atoms. The highest BCUT2D eigenvalue weighted by molar-refractivity contribution is 5.70. The van der Waals surface area contributed by atoms with Crippen molar-refractivity contribution in [2.45, 2.75) is 51.0 Å². The van der Waals surface area contributed by atoms with Crippen LogP contribution < -0.4 is 0 Å². The number of ether oxygens (including phenoxy) is 1. The zero-order valence-electron chi connectivity index (χ0n) is 19.7. The van der Waals surface area contributed by atoms with Crippen LogP contribution in [0.3, 0.4) is 0 Å². The van der Waals surface area contributed by atoms with Crippen LogP contribution in [0.4, 0.5) is 0 Å². The fraction of sp³-hybridized carbons (Fsp3) is 0.312. The maximum Gasteiger partial charge on any atom is 0.0721 e. The van der Waals surface area contributed by atoms with E-state index in [1.54, 1.807) is 6.08 Å². The first kappa shape index (κ1) is 23.3. The van der Waals surface area contributed by atoms with Gasteiger partial charge in [-0.1, -0.05) is 84.9 Å². The number of rotatable bonds is 10. The van der Waals surface area contributed by atoms with Crippen LogP contribution in [0.25, 0.3) is 22.3 Å². The predicted octanol–water partition coefficient (Wildman–Crippen LogP) is 8.96. The Morgan fingerprint density at radius 3 is 1.70 bits per heavy atom. The lowest BCUT2D eigenvalue weighted by Gasteiger charge is -2.28. The van der Waals surface area contributed by atoms with E-state index in [0.717, 1.165) is 11.8 Å². The summed E-state index contributed by atoms with van der Waals surface area (Å²) in [6, 6.07) is 26.8. The van der Waals surface area contributed by atoms with Crippen molar-refractivity contribution >= 4 is 0 Å². The fourth-order valence-corrected chi connectivity index (χ4v) is 4.99. The summed E-state index contributed by atoms with van der Waals surface area (Å²) < 4.78 is 5.52. The molecule has 0 spiro atoms. The Bertz CT molecular complexity index is 1000. The second-order valence-corrected chi connectivity index (χ2v) is 9.28. The van der Waals surface area contributed by atoms with E-state index in [0.29, 0.717) is 13.2 Å². The minimum absolute atomic E-state index is 0.585. The van der Waals surface area contributed by atoms with E-state index >= 15 is 0 Å². The molecular formula is C32H36O. The highest BCUT2D eigenvalue weighted by atomic mass is 16.5. The molecule has 33 heavy (non-hydrogen) atoms. The highest BCUT2D eigenvalue weighted by Crippen LogP contribution is 2.38. The van der Waals surface area contributed by atoms with Gasteiger partial charge in [0.25, 0.3) is 0 Å². The molecule has 0 amide bonds. The monoisotopic (exact) mass is 436 g/mol. The first-order valence-electron chi connectivity index (χ1n) is 12.4. The normalized spacial score (nSPS) is 18.1. The molecule has 1 heteroatoms. The van der Waals surface area contributed by atoms with E-state index in [9.17, 15) is 0 Å². The van der Waals surface area contributed by atoms with Gasteiger partial charge in [0.2, 0.25) is 0 Å². The third-order valence-corrected chi connectivity index (χ3v) is 7.02. The van der Waals surface area contributed by atoms with Crippen LogP contribution >= 0.6 is 0 Å². The maximum atomic E-state index is 5.52. The molecule has 0 N–H and O–H groups in total. The fourth-order valence-electron chi connectivity index (χ4n) is 4.99. The van der Waals surface area contributed by atoms with Gasteiger partial charge in [0.1, 0.15) is 0 Å². The molecule has 1 aliphatic rings. The van der Waals surface area contributed by atoms with E-state index in [4.69, 9.17) is 4.74 Å². The van der Waals surface area contributed by atoms with Crippen LogP contribution in [0.1, 0.15) is 55.6 Å².